The van der Waals surface area contributed by atoms with Crippen LogP contribution in [0.25, 0.3) is 5.69 Å². The number of ether oxygens (including phenoxy) is 1. The molecule has 0 unspecified atom stereocenters. The molecule has 1 amide bonds. The molecule has 10 heteroatoms. The van der Waals surface area contributed by atoms with Crippen LogP contribution in [0.15, 0.2) is 78.3 Å². The van der Waals surface area contributed by atoms with E-state index < -0.39 is 11.7 Å². The summed E-state index contributed by atoms with van der Waals surface area (Å²) in [6.45, 7) is 1.75. The maximum absolute atomic E-state index is 13.6. The number of rotatable bonds is 7. The molecule has 4 aromatic rings. The van der Waals surface area contributed by atoms with E-state index in [-0.39, 0.29) is 11.9 Å². The molecule has 5 rings (SSSR count). The molecule has 0 saturated carbocycles. The number of aromatic nitrogens is 2. The normalized spacial score (nSPS) is 14.9. The number of methoxy groups -OCH3 is 1. The Balaban J connectivity index is 1.33. The van der Waals surface area contributed by atoms with Gasteiger partial charge in [0, 0.05) is 44.0 Å². The zero-order valence-corrected chi connectivity index (χ0v) is 21.6. The van der Waals surface area contributed by atoms with Gasteiger partial charge in [-0.2, -0.15) is 13.2 Å². The van der Waals surface area contributed by atoms with Gasteiger partial charge in [-0.05, 0) is 48.1 Å². The quantitative estimate of drug-likeness (QED) is 0.277. The number of nitrogens with zero attached hydrogens (tertiary/aromatic N) is 4. The molecule has 2 aromatic carbocycles. The smallest absolute Gasteiger partial charge is 0.416 e. The Morgan fingerprint density at radius 3 is 2.58 bits per heavy atom. The summed E-state index contributed by atoms with van der Waals surface area (Å²) in [5.41, 5.74) is 0.807. The minimum Gasteiger partial charge on any atom is -0.497 e. The Hall–Kier alpha value is -3.63. The predicted molar refractivity (Wildman–Crippen MR) is 141 cm³/mol. The van der Waals surface area contributed by atoms with E-state index >= 15 is 0 Å². The van der Waals surface area contributed by atoms with Gasteiger partial charge in [0.05, 0.1) is 23.2 Å². The number of thiophene rings is 1. The van der Waals surface area contributed by atoms with Gasteiger partial charge in [-0.3, -0.25) is 14.6 Å². The van der Waals surface area contributed by atoms with Crippen molar-refractivity contribution < 1.29 is 22.7 Å². The highest BCUT2D eigenvalue weighted by molar-refractivity contribution is 7.12. The van der Waals surface area contributed by atoms with Crippen LogP contribution in [-0.2, 0) is 12.7 Å². The molecular weight excluding hydrogens is 513 g/mol. The molecule has 0 atom stereocenters. The van der Waals surface area contributed by atoms with E-state index in [1.165, 1.54) is 23.5 Å². The fourth-order valence-electron chi connectivity index (χ4n) is 4.76. The average molecular weight is 541 g/mol. The molecule has 1 fully saturated rings. The van der Waals surface area contributed by atoms with Crippen molar-refractivity contribution in [3.05, 3.63) is 94.3 Å². The van der Waals surface area contributed by atoms with Gasteiger partial charge >= 0.3 is 6.18 Å². The first-order valence-electron chi connectivity index (χ1n) is 12.3. The Kier molecular flexibility index (Phi) is 7.53. The molecule has 0 N–H and O–H groups in total. The van der Waals surface area contributed by atoms with Crippen molar-refractivity contribution in [2.75, 3.05) is 25.1 Å². The first-order valence-corrected chi connectivity index (χ1v) is 13.2. The summed E-state index contributed by atoms with van der Waals surface area (Å²) in [4.78, 5) is 18.1. The summed E-state index contributed by atoms with van der Waals surface area (Å²) in [5.74, 6) is 1.16. The average Bonchev–Trinajstić information content (AvgIpc) is 3.63. The summed E-state index contributed by atoms with van der Waals surface area (Å²) in [6, 6.07) is 18.4. The number of amides is 1. The van der Waals surface area contributed by atoms with Gasteiger partial charge in [0.1, 0.15) is 5.75 Å². The van der Waals surface area contributed by atoms with Gasteiger partial charge < -0.3 is 4.74 Å². The van der Waals surface area contributed by atoms with Crippen LogP contribution < -0.4 is 9.64 Å². The number of likely N-dealkylation sites (tertiary alicyclic amines) is 1. The molecule has 0 aliphatic carbocycles. The lowest BCUT2D eigenvalue weighted by atomic mass is 10.0. The third kappa shape index (κ3) is 5.76. The molecule has 1 aliphatic heterocycles. The van der Waals surface area contributed by atoms with E-state index in [1.807, 2.05) is 54.0 Å². The Morgan fingerprint density at radius 2 is 1.87 bits per heavy atom. The Labute approximate surface area is 222 Å². The fourth-order valence-corrected chi connectivity index (χ4v) is 5.42. The Morgan fingerprint density at radius 1 is 1.08 bits per heavy atom. The number of hydrogen-bond donors (Lipinski definition) is 0. The highest BCUT2D eigenvalue weighted by atomic mass is 32.1. The van der Waals surface area contributed by atoms with Crippen LogP contribution >= 0.6 is 11.3 Å². The Bertz CT molecular complexity index is 1380. The van der Waals surface area contributed by atoms with Crippen molar-refractivity contribution in [3.8, 4) is 11.4 Å². The number of alkyl halides is 3. The third-order valence-corrected chi connectivity index (χ3v) is 7.53. The van der Waals surface area contributed by atoms with Gasteiger partial charge in [-0.1, -0.05) is 30.3 Å². The summed E-state index contributed by atoms with van der Waals surface area (Å²) in [7, 11) is 1.61. The van der Waals surface area contributed by atoms with E-state index in [4.69, 9.17) is 9.84 Å². The van der Waals surface area contributed by atoms with Gasteiger partial charge in [0.2, 0.25) is 0 Å². The number of carbonyl (C=O) groups is 1. The molecule has 0 radical (unpaired) electrons. The maximum atomic E-state index is 13.6. The van der Waals surface area contributed by atoms with Crippen LogP contribution in [0.2, 0.25) is 0 Å². The van der Waals surface area contributed by atoms with E-state index in [1.54, 1.807) is 22.8 Å². The number of halogens is 3. The number of piperidine rings is 1. The van der Waals surface area contributed by atoms with Crippen LogP contribution in [0.5, 0.6) is 5.75 Å². The molecule has 2 aromatic heterocycles. The topological polar surface area (TPSA) is 50.6 Å². The molecule has 38 heavy (non-hydrogen) atoms. The van der Waals surface area contributed by atoms with Crippen LogP contribution in [-0.4, -0.2) is 46.8 Å². The molecule has 1 aliphatic rings. The van der Waals surface area contributed by atoms with Crippen LogP contribution in [0, 0.1) is 0 Å². The minimum atomic E-state index is -4.36. The molecule has 0 bridgehead atoms. The molecule has 6 nitrogen and oxygen atoms in total. The first-order chi connectivity index (χ1) is 18.3. The highest BCUT2D eigenvalue weighted by Crippen LogP contribution is 2.31. The van der Waals surface area contributed by atoms with Crippen molar-refractivity contribution in [3.63, 3.8) is 0 Å². The fraction of sp³-hybridized carbons (Fsp3) is 0.286. The molecule has 0 spiro atoms. The van der Waals surface area contributed by atoms with Crippen molar-refractivity contribution in [2.24, 2.45) is 0 Å². The van der Waals surface area contributed by atoms with Gasteiger partial charge in [-0.25, -0.2) is 4.68 Å². The van der Waals surface area contributed by atoms with Gasteiger partial charge in [-0.15, -0.1) is 16.4 Å². The number of benzene rings is 2. The van der Waals surface area contributed by atoms with Gasteiger partial charge in [0.25, 0.3) is 5.91 Å². The number of carbonyl (C=O) groups excluding carboxylic acids is 1. The van der Waals surface area contributed by atoms with Crippen molar-refractivity contribution >= 4 is 23.1 Å². The van der Waals surface area contributed by atoms with Crippen LogP contribution in [0.4, 0.5) is 19.0 Å². The second-order valence-electron chi connectivity index (χ2n) is 9.18. The zero-order chi connectivity index (χ0) is 26.7. The predicted octanol–water partition coefficient (Wildman–Crippen LogP) is 6.27. The van der Waals surface area contributed by atoms with E-state index in [0.717, 1.165) is 11.8 Å². The molecular formula is C28H27F3N4O2S. The summed E-state index contributed by atoms with van der Waals surface area (Å²) in [6.07, 6.45) is -1.17. The highest BCUT2D eigenvalue weighted by Gasteiger charge is 2.33. The van der Waals surface area contributed by atoms with Gasteiger partial charge in [0.15, 0.2) is 5.82 Å². The standard InChI is InChI=1S/C28H27F3N4O2S/c1-37-24-8-3-7-23(18-24)34-15-12-26(32-34)35(27(36)25-9-4-16-38-25)22-10-13-33(14-11-22)19-20-5-2-6-21(17-20)28(29,30)31/h2-9,12,15-18,22H,10-11,13-14,19H2,1H3. The second kappa shape index (κ2) is 11.0. The largest absolute Gasteiger partial charge is 0.497 e. The molecule has 3 heterocycles. The number of anilines is 1. The summed E-state index contributed by atoms with van der Waals surface area (Å²) < 4.78 is 46.4. The minimum absolute atomic E-state index is 0.0870. The lowest BCUT2D eigenvalue weighted by Crippen LogP contribution is -2.47. The van der Waals surface area contributed by atoms with Crippen molar-refractivity contribution in [2.45, 2.75) is 31.6 Å². The van der Waals surface area contributed by atoms with Crippen molar-refractivity contribution in [1.82, 2.24) is 14.7 Å². The monoisotopic (exact) mass is 540 g/mol. The lowest BCUT2D eigenvalue weighted by molar-refractivity contribution is -0.137. The first kappa shape index (κ1) is 26.0. The number of hydrogen-bond acceptors (Lipinski definition) is 5. The molecule has 198 valence electrons. The van der Waals surface area contributed by atoms with E-state index in [2.05, 4.69) is 4.90 Å². The van der Waals surface area contributed by atoms with E-state index in [9.17, 15) is 18.0 Å². The van der Waals surface area contributed by atoms with Crippen LogP contribution in [0.1, 0.15) is 33.6 Å². The molecule has 1 saturated heterocycles. The third-order valence-electron chi connectivity index (χ3n) is 6.67. The van der Waals surface area contributed by atoms with Crippen molar-refractivity contribution in [1.29, 1.82) is 0 Å². The maximum Gasteiger partial charge on any atom is 0.416 e. The lowest BCUT2D eigenvalue weighted by Gasteiger charge is -2.37. The van der Waals surface area contributed by atoms with E-state index in [0.29, 0.717) is 54.5 Å². The summed E-state index contributed by atoms with van der Waals surface area (Å²) in [5, 5.41) is 6.61. The second-order valence-corrected chi connectivity index (χ2v) is 10.1. The SMILES string of the molecule is COc1cccc(-n2ccc(N(C(=O)c3cccs3)C3CCN(Cc4cccc(C(F)(F)F)c4)CC3)n2)c1. The zero-order valence-electron chi connectivity index (χ0n) is 20.8. The van der Waals surface area contributed by atoms with Crippen LogP contribution in [0.3, 0.4) is 0 Å². The summed E-state index contributed by atoms with van der Waals surface area (Å²) >= 11 is 1.39.